The highest BCUT2D eigenvalue weighted by Gasteiger charge is 2.36. The molecule has 0 amide bonds. The van der Waals surface area contributed by atoms with Crippen LogP contribution in [0, 0.1) is 6.92 Å². The summed E-state index contributed by atoms with van der Waals surface area (Å²) in [7, 11) is -1.60. The molecular formula is C12H27O3Si. The fourth-order valence-electron chi connectivity index (χ4n) is 0.894. The van der Waals surface area contributed by atoms with Gasteiger partial charge in [-0.3, -0.25) is 0 Å². The van der Waals surface area contributed by atoms with Gasteiger partial charge in [0.15, 0.2) is 8.32 Å². The largest absolute Gasteiger partial charge is 0.414 e. The zero-order valence-corrected chi connectivity index (χ0v) is 12.5. The standard InChI is InChI=1S/C12H27O3Si/c1-7-13-8-9-14-10-11-15-16(5,6)12(2,3)4/h1,7-11H2,2-6H3. The summed E-state index contributed by atoms with van der Waals surface area (Å²) in [5.74, 6) is 0. The number of hydrogen-bond acceptors (Lipinski definition) is 3. The summed E-state index contributed by atoms with van der Waals surface area (Å²) >= 11 is 0. The molecule has 0 spiro atoms. The minimum absolute atomic E-state index is 0.268. The zero-order chi connectivity index (χ0) is 12.7. The molecule has 0 saturated carbocycles. The highest BCUT2D eigenvalue weighted by molar-refractivity contribution is 6.74. The second-order valence-corrected chi connectivity index (χ2v) is 10.1. The fraction of sp³-hybridized carbons (Fsp3) is 0.917. The van der Waals surface area contributed by atoms with Crippen molar-refractivity contribution in [2.75, 3.05) is 33.0 Å². The Kier molecular flexibility index (Phi) is 7.47. The van der Waals surface area contributed by atoms with E-state index in [1.54, 1.807) is 0 Å². The Morgan fingerprint density at radius 3 is 1.94 bits per heavy atom. The van der Waals surface area contributed by atoms with Crippen LogP contribution in [0.1, 0.15) is 20.8 Å². The second kappa shape index (κ2) is 7.43. The lowest BCUT2D eigenvalue weighted by Gasteiger charge is -2.36. The summed E-state index contributed by atoms with van der Waals surface area (Å²) in [5, 5.41) is 0.268. The van der Waals surface area contributed by atoms with Crippen LogP contribution < -0.4 is 0 Å². The summed E-state index contributed by atoms with van der Waals surface area (Å²) in [6, 6.07) is 0. The van der Waals surface area contributed by atoms with Gasteiger partial charge >= 0.3 is 0 Å². The molecule has 0 aromatic rings. The van der Waals surface area contributed by atoms with E-state index >= 15 is 0 Å². The van der Waals surface area contributed by atoms with Crippen LogP contribution in [0.5, 0.6) is 0 Å². The van der Waals surface area contributed by atoms with Crippen LogP contribution in [0.15, 0.2) is 0 Å². The van der Waals surface area contributed by atoms with E-state index in [4.69, 9.17) is 13.9 Å². The van der Waals surface area contributed by atoms with E-state index in [9.17, 15) is 0 Å². The Labute approximate surface area is 102 Å². The van der Waals surface area contributed by atoms with E-state index in [1.807, 2.05) is 0 Å². The molecular weight excluding hydrogens is 220 g/mol. The molecule has 0 aromatic carbocycles. The molecule has 97 valence electrons. The van der Waals surface area contributed by atoms with Gasteiger partial charge in [-0.2, -0.15) is 0 Å². The first-order valence-corrected chi connectivity index (χ1v) is 8.81. The normalized spacial score (nSPS) is 13.1. The molecule has 0 atom stereocenters. The Bertz CT molecular complexity index is 176. The molecule has 1 radical (unpaired) electrons. The first kappa shape index (κ1) is 16.1. The molecule has 0 heterocycles. The smallest absolute Gasteiger partial charge is 0.192 e. The van der Waals surface area contributed by atoms with E-state index in [1.165, 1.54) is 0 Å². The predicted molar refractivity (Wildman–Crippen MR) is 70.1 cm³/mol. The van der Waals surface area contributed by atoms with Gasteiger partial charge in [0, 0.05) is 6.61 Å². The van der Waals surface area contributed by atoms with E-state index < -0.39 is 8.32 Å². The minimum atomic E-state index is -1.60. The fourth-order valence-corrected chi connectivity index (χ4v) is 1.92. The number of rotatable bonds is 8. The Balaban J connectivity index is 3.51. The second-order valence-electron chi connectivity index (χ2n) is 5.33. The molecule has 0 aliphatic heterocycles. The van der Waals surface area contributed by atoms with Crippen LogP contribution in [0.4, 0.5) is 0 Å². The highest BCUT2D eigenvalue weighted by atomic mass is 28.4. The molecule has 0 unspecified atom stereocenters. The molecule has 0 aliphatic carbocycles. The minimum Gasteiger partial charge on any atom is -0.414 e. The predicted octanol–water partition coefficient (Wildman–Crippen LogP) is 2.88. The lowest BCUT2D eigenvalue weighted by molar-refractivity contribution is 0.0425. The van der Waals surface area contributed by atoms with Gasteiger partial charge in [0.25, 0.3) is 0 Å². The summed E-state index contributed by atoms with van der Waals surface area (Å²) in [6.45, 7) is 17.9. The van der Waals surface area contributed by atoms with Crippen LogP contribution in [-0.2, 0) is 13.9 Å². The molecule has 0 aromatic heterocycles. The van der Waals surface area contributed by atoms with Crippen LogP contribution in [0.25, 0.3) is 0 Å². The molecule has 16 heavy (non-hydrogen) atoms. The maximum atomic E-state index is 5.96. The van der Waals surface area contributed by atoms with Crippen LogP contribution in [0.2, 0.25) is 18.1 Å². The first-order valence-electron chi connectivity index (χ1n) is 5.90. The summed E-state index contributed by atoms with van der Waals surface area (Å²) in [5.41, 5.74) is 0. The average molecular weight is 247 g/mol. The highest BCUT2D eigenvalue weighted by Crippen LogP contribution is 2.36. The molecule has 0 rings (SSSR count). The monoisotopic (exact) mass is 247 g/mol. The molecule has 0 fully saturated rings. The van der Waals surface area contributed by atoms with Crippen LogP contribution >= 0.6 is 0 Å². The van der Waals surface area contributed by atoms with E-state index in [0.717, 1.165) is 0 Å². The summed E-state index contributed by atoms with van der Waals surface area (Å²) < 4.78 is 16.4. The van der Waals surface area contributed by atoms with Crippen LogP contribution in [0.3, 0.4) is 0 Å². The van der Waals surface area contributed by atoms with Gasteiger partial charge in [-0.25, -0.2) is 0 Å². The SMILES string of the molecule is [CH2]COCCOCCO[Si](C)(C)C(C)(C)C. The summed E-state index contributed by atoms with van der Waals surface area (Å²) in [4.78, 5) is 0. The van der Waals surface area contributed by atoms with Crippen molar-refractivity contribution >= 4 is 8.32 Å². The zero-order valence-electron chi connectivity index (χ0n) is 11.5. The van der Waals surface area contributed by atoms with Crippen molar-refractivity contribution in [1.29, 1.82) is 0 Å². The lowest BCUT2D eigenvalue weighted by atomic mass is 10.2. The van der Waals surface area contributed by atoms with E-state index in [0.29, 0.717) is 33.0 Å². The van der Waals surface area contributed by atoms with Gasteiger partial charge in [-0.1, -0.05) is 20.8 Å². The van der Waals surface area contributed by atoms with Gasteiger partial charge in [-0.15, -0.1) is 0 Å². The van der Waals surface area contributed by atoms with Crippen molar-refractivity contribution in [2.24, 2.45) is 0 Å². The Morgan fingerprint density at radius 2 is 1.44 bits per heavy atom. The van der Waals surface area contributed by atoms with Crippen molar-refractivity contribution in [1.82, 2.24) is 0 Å². The quantitative estimate of drug-likeness (QED) is 0.487. The maximum Gasteiger partial charge on any atom is 0.192 e. The molecule has 4 heteroatoms. The third kappa shape index (κ3) is 6.63. The van der Waals surface area contributed by atoms with Gasteiger partial charge in [0.05, 0.1) is 26.4 Å². The summed E-state index contributed by atoms with van der Waals surface area (Å²) in [6.07, 6.45) is 0. The van der Waals surface area contributed by atoms with Crippen molar-refractivity contribution in [3.8, 4) is 0 Å². The van der Waals surface area contributed by atoms with Gasteiger partial charge in [0.2, 0.25) is 0 Å². The molecule has 0 N–H and O–H groups in total. The van der Waals surface area contributed by atoms with Crippen molar-refractivity contribution in [3.63, 3.8) is 0 Å². The third-order valence-corrected chi connectivity index (χ3v) is 7.55. The van der Waals surface area contributed by atoms with Crippen molar-refractivity contribution in [2.45, 2.75) is 38.9 Å². The molecule has 0 aliphatic rings. The maximum absolute atomic E-state index is 5.96. The first-order chi connectivity index (χ1) is 7.31. The third-order valence-electron chi connectivity index (χ3n) is 3.01. The molecule has 0 bridgehead atoms. The molecule has 3 nitrogen and oxygen atoms in total. The van der Waals surface area contributed by atoms with E-state index in [2.05, 4.69) is 40.8 Å². The topological polar surface area (TPSA) is 27.7 Å². The van der Waals surface area contributed by atoms with Crippen molar-refractivity contribution < 1.29 is 13.9 Å². The van der Waals surface area contributed by atoms with Crippen molar-refractivity contribution in [3.05, 3.63) is 6.92 Å². The lowest BCUT2D eigenvalue weighted by Crippen LogP contribution is -2.41. The van der Waals surface area contributed by atoms with Crippen LogP contribution in [-0.4, -0.2) is 41.4 Å². The average Bonchev–Trinajstić information content (AvgIpc) is 2.14. The Hall–Kier alpha value is 0.0969. The number of ether oxygens (including phenoxy) is 2. The van der Waals surface area contributed by atoms with Gasteiger partial charge in [0.1, 0.15) is 0 Å². The van der Waals surface area contributed by atoms with Gasteiger partial charge in [-0.05, 0) is 25.1 Å². The number of hydrogen-bond donors (Lipinski definition) is 0. The molecule has 0 saturated heterocycles. The van der Waals surface area contributed by atoms with E-state index in [-0.39, 0.29) is 5.04 Å². The Morgan fingerprint density at radius 1 is 0.938 bits per heavy atom. The van der Waals surface area contributed by atoms with Gasteiger partial charge < -0.3 is 13.9 Å².